The van der Waals surface area contributed by atoms with Crippen molar-refractivity contribution >= 4 is 34.8 Å². The third-order valence-electron chi connectivity index (χ3n) is 5.48. The minimum absolute atomic E-state index is 0.0721. The molecule has 0 aliphatic rings. The molecular formula is C32H24Cl3F13. The molecule has 0 spiro atoms. The van der Waals surface area contributed by atoms with E-state index in [1.807, 2.05) is 19.1 Å². The van der Waals surface area contributed by atoms with Crippen molar-refractivity contribution in [1.29, 1.82) is 0 Å². The van der Waals surface area contributed by atoms with E-state index in [0.717, 1.165) is 29.8 Å². The molecule has 0 N–H and O–H groups in total. The van der Waals surface area contributed by atoms with Crippen LogP contribution in [0.5, 0.6) is 0 Å². The first-order valence-electron chi connectivity index (χ1n) is 13.0. The molecule has 4 aromatic carbocycles. The van der Waals surface area contributed by atoms with Gasteiger partial charge in [-0.15, -0.1) is 0 Å². The van der Waals surface area contributed by atoms with E-state index in [9.17, 15) is 57.1 Å². The van der Waals surface area contributed by atoms with Gasteiger partial charge in [-0.25, -0.2) is 4.39 Å². The van der Waals surface area contributed by atoms with Crippen LogP contribution in [0.1, 0.15) is 44.5 Å². The van der Waals surface area contributed by atoms with Crippen LogP contribution in [0.15, 0.2) is 72.8 Å². The van der Waals surface area contributed by atoms with Gasteiger partial charge in [-0.1, -0.05) is 34.8 Å². The van der Waals surface area contributed by atoms with Gasteiger partial charge in [-0.05, 0) is 123 Å². The molecule has 0 aliphatic carbocycles. The van der Waals surface area contributed by atoms with E-state index in [0.29, 0.717) is 33.8 Å². The summed E-state index contributed by atoms with van der Waals surface area (Å²) < 4.78 is 158. The zero-order valence-corrected chi connectivity index (χ0v) is 27.2. The Morgan fingerprint density at radius 1 is 0.333 bits per heavy atom. The Morgan fingerprint density at radius 3 is 0.875 bits per heavy atom. The minimum Gasteiger partial charge on any atom is -0.207 e. The Balaban J connectivity index is 0.000000324. The van der Waals surface area contributed by atoms with Crippen LogP contribution in [0.2, 0.25) is 15.1 Å². The summed E-state index contributed by atoms with van der Waals surface area (Å²) in [7, 11) is 0. The Kier molecular flexibility index (Phi) is 15.2. The predicted octanol–water partition coefficient (Wildman–Crippen LogP) is 14.2. The van der Waals surface area contributed by atoms with Crippen molar-refractivity contribution in [3.8, 4) is 0 Å². The van der Waals surface area contributed by atoms with Gasteiger partial charge in [0.15, 0.2) is 0 Å². The van der Waals surface area contributed by atoms with E-state index in [-0.39, 0.29) is 22.2 Å². The quantitative estimate of drug-likeness (QED) is 0.157. The number of hydrogen-bond acceptors (Lipinski definition) is 0. The molecule has 0 aliphatic heterocycles. The van der Waals surface area contributed by atoms with Gasteiger partial charge >= 0.3 is 24.7 Å². The smallest absolute Gasteiger partial charge is 0.207 e. The number of aryl methyl sites for hydroxylation is 4. The highest BCUT2D eigenvalue weighted by Crippen LogP contribution is 2.36. The van der Waals surface area contributed by atoms with Crippen molar-refractivity contribution in [3.05, 3.63) is 138 Å². The third kappa shape index (κ3) is 15.8. The second-order valence-electron chi connectivity index (χ2n) is 10.1. The van der Waals surface area contributed by atoms with Crippen LogP contribution in [-0.2, 0) is 24.7 Å². The lowest BCUT2D eigenvalue weighted by atomic mass is 10.1. The van der Waals surface area contributed by atoms with Crippen LogP contribution >= 0.6 is 34.8 Å². The molecule has 0 nitrogen and oxygen atoms in total. The number of hydrogen-bond donors (Lipinski definition) is 0. The lowest BCUT2D eigenvalue weighted by Gasteiger charge is -2.12. The number of halogens is 16. The topological polar surface area (TPSA) is 0 Å². The highest BCUT2D eigenvalue weighted by atomic mass is 35.5. The zero-order valence-electron chi connectivity index (χ0n) is 25.0. The molecule has 0 radical (unpaired) electrons. The fourth-order valence-corrected chi connectivity index (χ4v) is 4.53. The molecule has 4 aromatic rings. The average Bonchev–Trinajstić information content (AvgIpc) is 2.85. The highest BCUT2D eigenvalue weighted by molar-refractivity contribution is 6.34. The van der Waals surface area contributed by atoms with Crippen molar-refractivity contribution < 1.29 is 57.1 Å². The van der Waals surface area contributed by atoms with Gasteiger partial charge in [-0.3, -0.25) is 0 Å². The first-order valence-corrected chi connectivity index (χ1v) is 14.1. The van der Waals surface area contributed by atoms with Crippen LogP contribution < -0.4 is 0 Å². The Labute approximate surface area is 282 Å². The normalized spacial score (nSPS) is 11.8. The molecule has 16 heteroatoms. The summed E-state index contributed by atoms with van der Waals surface area (Å²) in [4.78, 5) is 0. The van der Waals surface area contributed by atoms with Gasteiger partial charge in [0.25, 0.3) is 0 Å². The van der Waals surface area contributed by atoms with E-state index < -0.39 is 52.8 Å². The van der Waals surface area contributed by atoms with Crippen LogP contribution in [0.4, 0.5) is 57.1 Å². The molecule has 0 saturated carbocycles. The van der Waals surface area contributed by atoms with E-state index in [1.54, 1.807) is 13.0 Å². The maximum atomic E-state index is 12.5. The van der Waals surface area contributed by atoms with Crippen molar-refractivity contribution in [2.24, 2.45) is 0 Å². The van der Waals surface area contributed by atoms with Crippen LogP contribution in [0.3, 0.4) is 0 Å². The lowest BCUT2D eigenvalue weighted by Crippen LogP contribution is -2.11. The maximum absolute atomic E-state index is 12.5. The fourth-order valence-electron chi connectivity index (χ4n) is 3.60. The molecule has 0 atom stereocenters. The summed E-state index contributed by atoms with van der Waals surface area (Å²) >= 11 is 16.8. The number of rotatable bonds is 0. The largest absolute Gasteiger partial charge is 0.416 e. The van der Waals surface area contributed by atoms with E-state index >= 15 is 0 Å². The molecule has 4 rings (SSSR count). The number of alkyl halides is 12. The standard InChI is InChI=1S/C9H6F6.C8H6ClF3.C8H6F4.C7H6Cl2/c1-5-2-6(8(10,11)12)4-7(3-5)9(13,14)15;2*1-5-2-6(8(10,11)12)4-7(9)3-5;1-5-2-6(8)4-7(9)3-5/h2-4H,1H3;2*2-4H,1H3;2-4H,1H3. The maximum Gasteiger partial charge on any atom is 0.416 e. The SMILES string of the molecule is Cc1cc(C(F)(F)F)cc(C(F)(F)F)c1.Cc1cc(Cl)cc(C(F)(F)F)c1.Cc1cc(Cl)cc(Cl)c1.Cc1cc(F)cc(C(F)(F)F)c1. The van der Waals surface area contributed by atoms with Gasteiger partial charge in [0.05, 0.1) is 22.3 Å². The van der Waals surface area contributed by atoms with Crippen molar-refractivity contribution in [1.82, 2.24) is 0 Å². The van der Waals surface area contributed by atoms with Gasteiger partial charge in [0.1, 0.15) is 5.82 Å². The van der Waals surface area contributed by atoms with Gasteiger partial charge in [0.2, 0.25) is 0 Å². The van der Waals surface area contributed by atoms with Gasteiger partial charge in [0, 0.05) is 15.1 Å². The van der Waals surface area contributed by atoms with Crippen LogP contribution in [0, 0.1) is 33.5 Å². The molecule has 0 amide bonds. The molecule has 48 heavy (non-hydrogen) atoms. The molecule has 0 heterocycles. The van der Waals surface area contributed by atoms with Gasteiger partial charge in [-0.2, -0.15) is 52.7 Å². The summed E-state index contributed by atoms with van der Waals surface area (Å²) in [6.07, 6.45) is -18.3. The third-order valence-corrected chi connectivity index (χ3v) is 6.13. The average molecular weight is 762 g/mol. The molecular weight excluding hydrogens is 738 g/mol. The molecule has 0 bridgehead atoms. The van der Waals surface area contributed by atoms with Crippen molar-refractivity contribution in [2.75, 3.05) is 0 Å². The summed E-state index contributed by atoms with van der Waals surface area (Å²) in [5.41, 5.74) is -2.42. The molecule has 264 valence electrons. The lowest BCUT2D eigenvalue weighted by molar-refractivity contribution is -0.143. The zero-order chi connectivity index (χ0) is 37.4. The summed E-state index contributed by atoms with van der Waals surface area (Å²) in [5.74, 6) is -0.859. The first-order chi connectivity index (χ1) is 21.6. The van der Waals surface area contributed by atoms with Crippen LogP contribution in [-0.4, -0.2) is 0 Å². The van der Waals surface area contributed by atoms with E-state index in [2.05, 4.69) is 0 Å². The second kappa shape index (κ2) is 17.0. The Hall–Kier alpha value is -3.16. The second-order valence-corrected chi connectivity index (χ2v) is 11.4. The van der Waals surface area contributed by atoms with Crippen molar-refractivity contribution in [3.63, 3.8) is 0 Å². The van der Waals surface area contributed by atoms with E-state index in [4.69, 9.17) is 34.8 Å². The molecule has 0 aromatic heterocycles. The monoisotopic (exact) mass is 760 g/mol. The molecule has 0 saturated heterocycles. The summed E-state index contributed by atoms with van der Waals surface area (Å²) in [6.45, 7) is 6.13. The highest BCUT2D eigenvalue weighted by Gasteiger charge is 2.36. The molecule has 0 unspecified atom stereocenters. The van der Waals surface area contributed by atoms with Crippen LogP contribution in [0.25, 0.3) is 0 Å². The Morgan fingerprint density at radius 2 is 0.583 bits per heavy atom. The van der Waals surface area contributed by atoms with Crippen molar-refractivity contribution in [2.45, 2.75) is 52.4 Å². The first kappa shape index (κ1) is 42.9. The number of benzene rings is 4. The summed E-state index contributed by atoms with van der Waals surface area (Å²) in [5, 5.41) is 1.50. The predicted molar refractivity (Wildman–Crippen MR) is 160 cm³/mol. The Bertz CT molecular complexity index is 1470. The summed E-state index contributed by atoms with van der Waals surface area (Å²) in [6, 6.07) is 12.8. The van der Waals surface area contributed by atoms with E-state index in [1.165, 1.54) is 19.9 Å². The fraction of sp³-hybridized carbons (Fsp3) is 0.250. The molecule has 0 fully saturated rings. The van der Waals surface area contributed by atoms with Gasteiger partial charge < -0.3 is 0 Å². The minimum atomic E-state index is -4.76.